The molecule has 3 nitrogen and oxygen atoms in total. The number of allylic oxidation sites excluding steroid dienone is 1. The molecule has 0 rings (SSSR count). The predicted molar refractivity (Wildman–Crippen MR) is 51.6 cm³/mol. The molecule has 0 bridgehead atoms. The highest BCUT2D eigenvalue weighted by Gasteiger charge is 1.89. The minimum atomic E-state index is -0.781. The molecule has 13 heavy (non-hydrogen) atoms. The maximum Gasteiger partial charge on any atom is 0.307 e. The van der Waals surface area contributed by atoms with Gasteiger partial charge in [-0.15, -0.1) is 0 Å². The van der Waals surface area contributed by atoms with E-state index in [1.807, 2.05) is 6.08 Å². The van der Waals surface area contributed by atoms with Gasteiger partial charge in [-0.05, 0) is 19.3 Å². The Morgan fingerprint density at radius 1 is 1.08 bits per heavy atom. The quantitative estimate of drug-likeness (QED) is 0.450. The van der Waals surface area contributed by atoms with Crippen LogP contribution in [-0.2, 0) is 4.79 Å². The Morgan fingerprint density at radius 2 is 1.77 bits per heavy atom. The summed E-state index contributed by atoms with van der Waals surface area (Å²) in [6.07, 6.45) is 8.78. The topological polar surface area (TPSA) is 57.5 Å². The third-order valence-corrected chi connectivity index (χ3v) is 1.74. The highest BCUT2D eigenvalue weighted by molar-refractivity contribution is 5.68. The fourth-order valence-electron chi connectivity index (χ4n) is 1.03. The van der Waals surface area contributed by atoms with Crippen LogP contribution < -0.4 is 0 Å². The maximum atomic E-state index is 10.1. The second-order valence-electron chi connectivity index (χ2n) is 3.00. The van der Waals surface area contributed by atoms with Crippen LogP contribution in [0.2, 0.25) is 0 Å². The van der Waals surface area contributed by atoms with E-state index in [-0.39, 0.29) is 13.0 Å². The van der Waals surface area contributed by atoms with Gasteiger partial charge in [0, 0.05) is 6.61 Å². The van der Waals surface area contributed by atoms with Gasteiger partial charge in [-0.25, -0.2) is 0 Å². The summed E-state index contributed by atoms with van der Waals surface area (Å²) in [5.41, 5.74) is 0. The van der Waals surface area contributed by atoms with E-state index >= 15 is 0 Å². The normalized spacial score (nSPS) is 10.8. The number of carboxylic acids is 1. The lowest BCUT2D eigenvalue weighted by molar-refractivity contribution is -0.136. The Hall–Kier alpha value is -0.830. The molecule has 0 amide bonds. The van der Waals surface area contributed by atoms with Gasteiger partial charge in [0.25, 0.3) is 0 Å². The molecule has 0 unspecified atom stereocenters. The first kappa shape index (κ1) is 12.2. The molecule has 0 aromatic carbocycles. The van der Waals surface area contributed by atoms with Crippen LogP contribution in [-0.4, -0.2) is 22.8 Å². The molecule has 0 atom stereocenters. The Balaban J connectivity index is 3.06. The van der Waals surface area contributed by atoms with E-state index in [9.17, 15) is 4.79 Å². The number of aliphatic hydroxyl groups is 1. The summed E-state index contributed by atoms with van der Waals surface area (Å²) in [5, 5.41) is 16.8. The van der Waals surface area contributed by atoms with Gasteiger partial charge >= 0.3 is 5.97 Å². The number of carbonyl (C=O) groups is 1. The van der Waals surface area contributed by atoms with Crippen molar-refractivity contribution >= 4 is 5.97 Å². The largest absolute Gasteiger partial charge is 0.481 e. The molecule has 0 aromatic heterocycles. The van der Waals surface area contributed by atoms with Gasteiger partial charge in [-0.1, -0.05) is 25.0 Å². The summed E-state index contributed by atoms with van der Waals surface area (Å²) in [6, 6.07) is 0. The van der Waals surface area contributed by atoms with Crippen molar-refractivity contribution in [1.29, 1.82) is 0 Å². The van der Waals surface area contributed by atoms with Crippen molar-refractivity contribution in [3.05, 3.63) is 12.2 Å². The third-order valence-electron chi connectivity index (χ3n) is 1.74. The zero-order chi connectivity index (χ0) is 9.94. The number of aliphatic hydroxyl groups excluding tert-OH is 1. The maximum absolute atomic E-state index is 10.1. The van der Waals surface area contributed by atoms with E-state index in [1.54, 1.807) is 6.08 Å². The molecule has 0 heterocycles. The lowest BCUT2D eigenvalue weighted by Crippen LogP contribution is -1.89. The number of rotatable bonds is 8. The van der Waals surface area contributed by atoms with Crippen LogP contribution in [0, 0.1) is 0 Å². The molecular weight excluding hydrogens is 168 g/mol. The summed E-state index contributed by atoms with van der Waals surface area (Å²) in [4.78, 5) is 10.1. The summed E-state index contributed by atoms with van der Waals surface area (Å²) in [6.45, 7) is 0.273. The Morgan fingerprint density at radius 3 is 2.38 bits per heavy atom. The molecule has 0 saturated heterocycles. The Bertz CT molecular complexity index is 152. The number of aliphatic carboxylic acids is 1. The van der Waals surface area contributed by atoms with Crippen LogP contribution in [0.25, 0.3) is 0 Å². The van der Waals surface area contributed by atoms with Crippen molar-refractivity contribution in [2.75, 3.05) is 6.61 Å². The zero-order valence-electron chi connectivity index (χ0n) is 7.91. The molecule has 0 aliphatic heterocycles. The van der Waals surface area contributed by atoms with E-state index in [0.29, 0.717) is 0 Å². The SMILES string of the molecule is O=C(O)C/C=C/CCCCCCO. The van der Waals surface area contributed by atoms with Gasteiger partial charge in [0.05, 0.1) is 6.42 Å². The van der Waals surface area contributed by atoms with Crippen molar-refractivity contribution in [3.8, 4) is 0 Å². The second kappa shape index (κ2) is 9.26. The fourth-order valence-corrected chi connectivity index (χ4v) is 1.03. The number of hydrogen-bond acceptors (Lipinski definition) is 2. The molecule has 2 N–H and O–H groups in total. The van der Waals surface area contributed by atoms with Crippen LogP contribution in [0.15, 0.2) is 12.2 Å². The smallest absolute Gasteiger partial charge is 0.307 e. The Kier molecular flexibility index (Phi) is 8.67. The molecule has 0 fully saturated rings. The molecule has 0 saturated carbocycles. The van der Waals surface area contributed by atoms with Gasteiger partial charge in [0.15, 0.2) is 0 Å². The predicted octanol–water partition coefficient (Wildman–Crippen LogP) is 1.96. The fraction of sp³-hybridized carbons (Fsp3) is 0.700. The minimum Gasteiger partial charge on any atom is -0.481 e. The highest BCUT2D eigenvalue weighted by atomic mass is 16.4. The van der Waals surface area contributed by atoms with Crippen molar-refractivity contribution < 1.29 is 15.0 Å². The standard InChI is InChI=1S/C10H18O3/c11-9-7-5-3-1-2-4-6-8-10(12)13/h4,6,11H,1-3,5,7-9H2,(H,12,13)/b6-4+. The summed E-state index contributed by atoms with van der Waals surface area (Å²) >= 11 is 0. The molecule has 0 aliphatic rings. The molecule has 0 aliphatic carbocycles. The van der Waals surface area contributed by atoms with Gasteiger partial charge in [0.1, 0.15) is 0 Å². The molecule has 0 aromatic rings. The van der Waals surface area contributed by atoms with Crippen molar-refractivity contribution in [2.45, 2.75) is 38.5 Å². The van der Waals surface area contributed by atoms with Crippen LogP contribution in [0.3, 0.4) is 0 Å². The molecule has 3 heteroatoms. The molecule has 0 radical (unpaired) electrons. The van der Waals surface area contributed by atoms with Crippen LogP contribution in [0.1, 0.15) is 38.5 Å². The Labute approximate surface area is 79.1 Å². The monoisotopic (exact) mass is 186 g/mol. The van der Waals surface area contributed by atoms with Gasteiger partial charge in [0.2, 0.25) is 0 Å². The van der Waals surface area contributed by atoms with Crippen LogP contribution in [0.5, 0.6) is 0 Å². The third kappa shape index (κ3) is 11.2. The van der Waals surface area contributed by atoms with E-state index < -0.39 is 5.97 Å². The lowest BCUT2D eigenvalue weighted by Gasteiger charge is -1.95. The van der Waals surface area contributed by atoms with Crippen molar-refractivity contribution in [3.63, 3.8) is 0 Å². The van der Waals surface area contributed by atoms with Gasteiger partial charge < -0.3 is 10.2 Å². The van der Waals surface area contributed by atoms with E-state index in [0.717, 1.165) is 32.1 Å². The lowest BCUT2D eigenvalue weighted by atomic mass is 10.1. The van der Waals surface area contributed by atoms with Crippen molar-refractivity contribution in [2.24, 2.45) is 0 Å². The minimum absolute atomic E-state index is 0.122. The summed E-state index contributed by atoms with van der Waals surface area (Å²) in [5.74, 6) is -0.781. The van der Waals surface area contributed by atoms with E-state index in [1.165, 1.54) is 0 Å². The van der Waals surface area contributed by atoms with Gasteiger partial charge in [-0.2, -0.15) is 0 Å². The summed E-state index contributed by atoms with van der Waals surface area (Å²) < 4.78 is 0. The number of carboxylic acid groups (broad SMARTS) is 1. The average molecular weight is 186 g/mol. The van der Waals surface area contributed by atoms with Crippen molar-refractivity contribution in [1.82, 2.24) is 0 Å². The zero-order valence-corrected chi connectivity index (χ0v) is 7.91. The van der Waals surface area contributed by atoms with E-state index in [2.05, 4.69) is 0 Å². The number of unbranched alkanes of at least 4 members (excludes halogenated alkanes) is 4. The summed E-state index contributed by atoms with van der Waals surface area (Å²) in [7, 11) is 0. The average Bonchev–Trinajstić information content (AvgIpc) is 2.09. The first-order valence-corrected chi connectivity index (χ1v) is 4.75. The molecule has 76 valence electrons. The second-order valence-corrected chi connectivity index (χ2v) is 3.00. The molecular formula is C10H18O3. The number of hydrogen-bond donors (Lipinski definition) is 2. The van der Waals surface area contributed by atoms with Crippen LogP contribution in [0.4, 0.5) is 0 Å². The molecule has 0 spiro atoms. The van der Waals surface area contributed by atoms with Crippen LogP contribution >= 0.6 is 0 Å². The highest BCUT2D eigenvalue weighted by Crippen LogP contribution is 2.03. The first-order valence-electron chi connectivity index (χ1n) is 4.75. The first-order chi connectivity index (χ1) is 6.27. The van der Waals surface area contributed by atoms with Gasteiger partial charge in [-0.3, -0.25) is 4.79 Å². The van der Waals surface area contributed by atoms with E-state index in [4.69, 9.17) is 10.2 Å².